The number of hydrogen-bond acceptors (Lipinski definition) is 4. The zero-order valence-electron chi connectivity index (χ0n) is 14.0. The predicted octanol–water partition coefficient (Wildman–Crippen LogP) is 4.11. The van der Waals surface area contributed by atoms with Gasteiger partial charge in [0.1, 0.15) is 11.5 Å². The van der Waals surface area contributed by atoms with Gasteiger partial charge in [-0.05, 0) is 49.7 Å². The van der Waals surface area contributed by atoms with Gasteiger partial charge in [0.15, 0.2) is 0 Å². The van der Waals surface area contributed by atoms with Crippen LogP contribution in [0.2, 0.25) is 5.02 Å². The summed E-state index contributed by atoms with van der Waals surface area (Å²) in [6.07, 6.45) is 0. The zero-order valence-corrected chi connectivity index (χ0v) is 14.7. The SMILES string of the molecule is CCOc1ccc(NCC(=O)Nc2cc(C)c(Cl)cc2OC)cc1. The topological polar surface area (TPSA) is 59.6 Å². The van der Waals surface area contributed by atoms with Crippen molar-refractivity contribution >= 4 is 28.9 Å². The minimum absolute atomic E-state index is 0.138. The van der Waals surface area contributed by atoms with Crippen LogP contribution >= 0.6 is 11.6 Å². The number of hydrogen-bond donors (Lipinski definition) is 2. The molecule has 1 amide bonds. The van der Waals surface area contributed by atoms with Crippen molar-refractivity contribution < 1.29 is 14.3 Å². The molecule has 0 bridgehead atoms. The molecular weight excluding hydrogens is 328 g/mol. The van der Waals surface area contributed by atoms with Gasteiger partial charge in [-0.1, -0.05) is 11.6 Å². The smallest absolute Gasteiger partial charge is 0.243 e. The molecule has 0 aliphatic carbocycles. The van der Waals surface area contributed by atoms with Crippen molar-refractivity contribution in [2.45, 2.75) is 13.8 Å². The Bertz CT molecular complexity index is 702. The first-order valence-electron chi connectivity index (χ1n) is 7.64. The average Bonchev–Trinajstić information content (AvgIpc) is 2.57. The van der Waals surface area contributed by atoms with Crippen LogP contribution in [-0.4, -0.2) is 26.2 Å². The summed E-state index contributed by atoms with van der Waals surface area (Å²) in [5.41, 5.74) is 2.30. The van der Waals surface area contributed by atoms with Crippen LogP contribution in [0.1, 0.15) is 12.5 Å². The molecule has 0 saturated carbocycles. The number of amides is 1. The normalized spacial score (nSPS) is 10.2. The Balaban J connectivity index is 1.95. The summed E-state index contributed by atoms with van der Waals surface area (Å²) in [4.78, 5) is 12.1. The van der Waals surface area contributed by atoms with Gasteiger partial charge in [-0.2, -0.15) is 0 Å². The Labute approximate surface area is 146 Å². The number of nitrogens with one attached hydrogen (secondary N) is 2. The van der Waals surface area contributed by atoms with E-state index in [0.29, 0.717) is 23.1 Å². The lowest BCUT2D eigenvalue weighted by Gasteiger charge is -2.13. The fourth-order valence-corrected chi connectivity index (χ4v) is 2.30. The van der Waals surface area contributed by atoms with Crippen molar-refractivity contribution in [1.82, 2.24) is 0 Å². The minimum atomic E-state index is -0.177. The zero-order chi connectivity index (χ0) is 17.5. The number of benzene rings is 2. The third-order valence-corrected chi connectivity index (χ3v) is 3.78. The molecule has 2 N–H and O–H groups in total. The Morgan fingerprint density at radius 2 is 1.92 bits per heavy atom. The number of aryl methyl sites for hydroxylation is 1. The van der Waals surface area contributed by atoms with E-state index in [2.05, 4.69) is 10.6 Å². The molecule has 2 aromatic rings. The second-order valence-electron chi connectivity index (χ2n) is 5.16. The Kier molecular flexibility index (Phi) is 6.32. The third kappa shape index (κ3) is 4.80. The highest BCUT2D eigenvalue weighted by Crippen LogP contribution is 2.30. The van der Waals surface area contributed by atoms with Crippen molar-refractivity contribution in [3.63, 3.8) is 0 Å². The number of ether oxygens (including phenoxy) is 2. The minimum Gasteiger partial charge on any atom is -0.495 e. The summed E-state index contributed by atoms with van der Waals surface area (Å²) in [7, 11) is 1.54. The lowest BCUT2D eigenvalue weighted by molar-refractivity contribution is -0.114. The maximum absolute atomic E-state index is 12.1. The number of carbonyl (C=O) groups is 1. The molecule has 0 aromatic heterocycles. The fraction of sp³-hybridized carbons (Fsp3) is 0.278. The molecule has 0 unspecified atom stereocenters. The maximum atomic E-state index is 12.1. The molecule has 0 heterocycles. The van der Waals surface area contributed by atoms with Gasteiger partial charge in [-0.15, -0.1) is 0 Å². The predicted molar refractivity (Wildman–Crippen MR) is 97.5 cm³/mol. The Morgan fingerprint density at radius 3 is 2.54 bits per heavy atom. The first kappa shape index (κ1) is 17.9. The molecule has 0 spiro atoms. The van der Waals surface area contributed by atoms with Crippen molar-refractivity contribution in [2.75, 3.05) is 30.9 Å². The molecule has 2 aromatic carbocycles. The Morgan fingerprint density at radius 1 is 1.21 bits per heavy atom. The number of methoxy groups -OCH3 is 1. The van der Waals surface area contributed by atoms with E-state index < -0.39 is 0 Å². The monoisotopic (exact) mass is 348 g/mol. The summed E-state index contributed by atoms with van der Waals surface area (Å²) >= 11 is 6.06. The molecule has 6 heteroatoms. The van der Waals surface area contributed by atoms with Gasteiger partial charge >= 0.3 is 0 Å². The van der Waals surface area contributed by atoms with Crippen LogP contribution in [0.5, 0.6) is 11.5 Å². The van der Waals surface area contributed by atoms with E-state index in [0.717, 1.165) is 17.0 Å². The summed E-state index contributed by atoms with van der Waals surface area (Å²) < 4.78 is 10.6. The van der Waals surface area contributed by atoms with Crippen LogP contribution in [0, 0.1) is 6.92 Å². The molecule has 2 rings (SSSR count). The lowest BCUT2D eigenvalue weighted by Crippen LogP contribution is -2.22. The van der Waals surface area contributed by atoms with Gasteiger partial charge in [0.25, 0.3) is 0 Å². The van der Waals surface area contributed by atoms with Crippen molar-refractivity contribution in [2.24, 2.45) is 0 Å². The molecule has 128 valence electrons. The van der Waals surface area contributed by atoms with Gasteiger partial charge in [0, 0.05) is 16.8 Å². The Hall–Kier alpha value is -2.40. The standard InChI is InChI=1S/C18H21ClN2O3/c1-4-24-14-7-5-13(6-8-14)20-11-18(22)21-16-9-12(2)15(19)10-17(16)23-3/h5-10,20H,4,11H2,1-3H3,(H,21,22). The third-order valence-electron chi connectivity index (χ3n) is 3.37. The molecule has 0 aliphatic rings. The first-order chi connectivity index (χ1) is 11.5. The lowest BCUT2D eigenvalue weighted by atomic mass is 10.2. The van der Waals surface area contributed by atoms with Crippen LogP contribution in [0.15, 0.2) is 36.4 Å². The fourth-order valence-electron chi connectivity index (χ4n) is 2.14. The second-order valence-corrected chi connectivity index (χ2v) is 5.57. The highest BCUT2D eigenvalue weighted by Gasteiger charge is 2.10. The van der Waals surface area contributed by atoms with Crippen LogP contribution in [0.3, 0.4) is 0 Å². The van der Waals surface area contributed by atoms with Crippen molar-refractivity contribution in [3.05, 3.63) is 47.0 Å². The highest BCUT2D eigenvalue weighted by atomic mass is 35.5. The number of carbonyl (C=O) groups excluding carboxylic acids is 1. The molecular formula is C18H21ClN2O3. The van der Waals surface area contributed by atoms with E-state index in [4.69, 9.17) is 21.1 Å². The van der Waals surface area contributed by atoms with Gasteiger partial charge in [0.05, 0.1) is 25.9 Å². The van der Waals surface area contributed by atoms with E-state index >= 15 is 0 Å². The quantitative estimate of drug-likeness (QED) is 0.790. The summed E-state index contributed by atoms with van der Waals surface area (Å²) in [5, 5.41) is 6.48. The van der Waals surface area contributed by atoms with Crippen LogP contribution in [-0.2, 0) is 4.79 Å². The summed E-state index contributed by atoms with van der Waals surface area (Å²) in [5.74, 6) is 1.15. The molecule has 0 saturated heterocycles. The largest absolute Gasteiger partial charge is 0.495 e. The molecule has 0 aliphatic heterocycles. The highest BCUT2D eigenvalue weighted by molar-refractivity contribution is 6.31. The van der Waals surface area contributed by atoms with E-state index in [1.807, 2.05) is 38.1 Å². The molecule has 24 heavy (non-hydrogen) atoms. The van der Waals surface area contributed by atoms with Gasteiger partial charge in [0.2, 0.25) is 5.91 Å². The van der Waals surface area contributed by atoms with E-state index in [-0.39, 0.29) is 12.5 Å². The molecule has 0 fully saturated rings. The summed E-state index contributed by atoms with van der Waals surface area (Å²) in [6.45, 7) is 4.56. The van der Waals surface area contributed by atoms with Gasteiger partial charge in [-0.25, -0.2) is 0 Å². The molecule has 0 radical (unpaired) electrons. The van der Waals surface area contributed by atoms with Gasteiger partial charge in [-0.3, -0.25) is 4.79 Å². The molecule has 5 nitrogen and oxygen atoms in total. The number of rotatable bonds is 7. The first-order valence-corrected chi connectivity index (χ1v) is 8.02. The van der Waals surface area contributed by atoms with Crippen molar-refractivity contribution in [3.8, 4) is 11.5 Å². The maximum Gasteiger partial charge on any atom is 0.243 e. The van der Waals surface area contributed by atoms with Crippen LogP contribution < -0.4 is 20.1 Å². The van der Waals surface area contributed by atoms with Gasteiger partial charge < -0.3 is 20.1 Å². The van der Waals surface area contributed by atoms with E-state index in [1.54, 1.807) is 12.1 Å². The second kappa shape index (κ2) is 8.45. The van der Waals surface area contributed by atoms with Crippen LogP contribution in [0.4, 0.5) is 11.4 Å². The van der Waals surface area contributed by atoms with Crippen LogP contribution in [0.25, 0.3) is 0 Å². The number of halogens is 1. The van der Waals surface area contributed by atoms with Crippen molar-refractivity contribution in [1.29, 1.82) is 0 Å². The average molecular weight is 349 g/mol. The number of anilines is 2. The molecule has 0 atom stereocenters. The summed E-state index contributed by atoms with van der Waals surface area (Å²) in [6, 6.07) is 10.9. The van der Waals surface area contributed by atoms with E-state index in [1.165, 1.54) is 7.11 Å². The van der Waals surface area contributed by atoms with E-state index in [9.17, 15) is 4.79 Å².